The number of benzene rings is 2. The van der Waals surface area contributed by atoms with Gasteiger partial charge in [-0.15, -0.1) is 0 Å². The van der Waals surface area contributed by atoms with Crippen LogP contribution in [-0.4, -0.2) is 55.9 Å². The Morgan fingerprint density at radius 1 is 1.18 bits per heavy atom. The molecule has 0 unspecified atom stereocenters. The summed E-state index contributed by atoms with van der Waals surface area (Å²) in [5.74, 6) is 0.0881. The molecule has 0 aromatic heterocycles. The highest BCUT2D eigenvalue weighted by Gasteiger charge is 2.50. The van der Waals surface area contributed by atoms with Crippen LogP contribution in [0.1, 0.15) is 12.8 Å². The third-order valence-corrected chi connectivity index (χ3v) is 7.09. The Balaban J connectivity index is 1.42. The number of likely N-dealkylation sites (tertiary alicyclic amines) is 1. The van der Waals surface area contributed by atoms with Crippen molar-refractivity contribution < 1.29 is 14.3 Å². The molecule has 6 heteroatoms. The summed E-state index contributed by atoms with van der Waals surface area (Å²) >= 11 is 1.72. The Kier molecular flexibility index (Phi) is 4.67. The number of hydrogen-bond acceptors (Lipinski definition) is 5. The van der Waals surface area contributed by atoms with Gasteiger partial charge in [0.1, 0.15) is 5.60 Å². The van der Waals surface area contributed by atoms with Gasteiger partial charge in [0.25, 0.3) is 0 Å². The van der Waals surface area contributed by atoms with Crippen molar-refractivity contribution in [3.8, 4) is 0 Å². The first-order chi connectivity index (χ1) is 13.7. The van der Waals surface area contributed by atoms with Gasteiger partial charge in [0.2, 0.25) is 5.91 Å². The molecule has 28 heavy (non-hydrogen) atoms. The van der Waals surface area contributed by atoms with Crippen LogP contribution < -0.4 is 4.90 Å². The van der Waals surface area contributed by atoms with E-state index in [1.165, 1.54) is 0 Å². The van der Waals surface area contributed by atoms with Gasteiger partial charge in [0.15, 0.2) is 0 Å². The first-order valence-electron chi connectivity index (χ1n) is 9.78. The minimum atomic E-state index is -0.247. The van der Waals surface area contributed by atoms with E-state index >= 15 is 0 Å². The molecule has 146 valence electrons. The molecule has 2 aromatic rings. The van der Waals surface area contributed by atoms with Gasteiger partial charge in [-0.05, 0) is 37.1 Å². The fourth-order valence-electron chi connectivity index (χ4n) is 4.69. The molecule has 2 atom stereocenters. The number of nitrogens with zero attached hydrogens (tertiary/aromatic N) is 2. The average molecular weight is 397 g/mol. The number of carbonyl (C=O) groups excluding carboxylic acids is 1. The third kappa shape index (κ3) is 2.95. The van der Waals surface area contributed by atoms with Gasteiger partial charge in [0, 0.05) is 36.6 Å². The molecule has 1 spiro atoms. The maximum Gasteiger partial charge on any atom is 0.245 e. The number of ether oxygens (including phenoxy) is 2. The summed E-state index contributed by atoms with van der Waals surface area (Å²) in [6, 6.07) is 16.2. The predicted molar refractivity (Wildman–Crippen MR) is 109 cm³/mol. The minimum Gasteiger partial charge on any atom is -0.377 e. The lowest BCUT2D eigenvalue weighted by molar-refractivity contribution is -0.119. The van der Waals surface area contributed by atoms with Crippen molar-refractivity contribution in [1.82, 2.24) is 4.90 Å². The van der Waals surface area contributed by atoms with Crippen molar-refractivity contribution in [3.63, 3.8) is 0 Å². The van der Waals surface area contributed by atoms with Gasteiger partial charge >= 0.3 is 0 Å². The van der Waals surface area contributed by atoms with Crippen LogP contribution in [0.25, 0.3) is 0 Å². The van der Waals surface area contributed by atoms with Gasteiger partial charge in [-0.3, -0.25) is 14.6 Å². The molecular formula is C22H24N2O3S. The molecule has 3 heterocycles. The standard InChI is InChI=1S/C22H24N2O3S/c1-26-20-13-23(15-22(20)11-6-12-27-22)14-21(25)24-16-7-2-4-9-18(16)28-19-10-5-3-8-17(19)24/h2-5,7-10,20H,6,11-15H2,1H3/t20-,22-/m1/s1. The number of amides is 1. The molecule has 5 rings (SSSR count). The lowest BCUT2D eigenvalue weighted by Crippen LogP contribution is -2.42. The second kappa shape index (κ2) is 7.19. The van der Waals surface area contributed by atoms with E-state index in [1.54, 1.807) is 18.9 Å². The van der Waals surface area contributed by atoms with E-state index in [1.807, 2.05) is 41.3 Å². The summed E-state index contributed by atoms with van der Waals surface area (Å²) in [5.41, 5.74) is 1.68. The number of hydrogen-bond donors (Lipinski definition) is 0. The molecule has 3 aliphatic rings. The van der Waals surface area contributed by atoms with Gasteiger partial charge in [0.05, 0.1) is 24.0 Å². The summed E-state index contributed by atoms with van der Waals surface area (Å²) in [7, 11) is 1.74. The Morgan fingerprint density at radius 2 is 1.86 bits per heavy atom. The normalized spacial score (nSPS) is 26.5. The second-order valence-corrected chi connectivity index (χ2v) is 8.76. The summed E-state index contributed by atoms with van der Waals surface area (Å²) in [6.07, 6.45) is 2.09. The van der Waals surface area contributed by atoms with Crippen LogP contribution in [0.4, 0.5) is 11.4 Å². The molecule has 2 aromatic carbocycles. The monoisotopic (exact) mass is 396 g/mol. The van der Waals surface area contributed by atoms with Crippen LogP contribution >= 0.6 is 11.8 Å². The number of rotatable bonds is 3. The Bertz CT molecular complexity index is 851. The van der Waals surface area contributed by atoms with Crippen LogP contribution in [0.15, 0.2) is 58.3 Å². The zero-order valence-corrected chi connectivity index (χ0v) is 16.8. The topological polar surface area (TPSA) is 42.0 Å². The molecule has 2 saturated heterocycles. The van der Waals surface area contributed by atoms with E-state index in [0.717, 1.165) is 53.7 Å². The molecule has 3 aliphatic heterocycles. The predicted octanol–water partition coefficient (Wildman–Crippen LogP) is 3.70. The number of carbonyl (C=O) groups is 1. The molecule has 0 saturated carbocycles. The Hall–Kier alpha value is -1.86. The largest absolute Gasteiger partial charge is 0.377 e. The van der Waals surface area contributed by atoms with E-state index < -0.39 is 0 Å². The lowest BCUT2D eigenvalue weighted by atomic mass is 9.97. The average Bonchev–Trinajstić information content (AvgIpc) is 3.32. The molecule has 0 N–H and O–H groups in total. The van der Waals surface area contributed by atoms with Crippen LogP contribution in [0.5, 0.6) is 0 Å². The summed E-state index contributed by atoms with van der Waals surface area (Å²) in [6.45, 7) is 2.63. The smallest absolute Gasteiger partial charge is 0.245 e. The second-order valence-electron chi connectivity index (χ2n) is 7.68. The van der Waals surface area contributed by atoms with E-state index in [-0.39, 0.29) is 17.6 Å². The van der Waals surface area contributed by atoms with E-state index in [2.05, 4.69) is 17.0 Å². The van der Waals surface area contributed by atoms with Crippen LogP contribution in [0.3, 0.4) is 0 Å². The maximum atomic E-state index is 13.5. The molecule has 5 nitrogen and oxygen atoms in total. The van der Waals surface area contributed by atoms with Gasteiger partial charge < -0.3 is 9.47 Å². The van der Waals surface area contributed by atoms with E-state index in [9.17, 15) is 4.79 Å². The van der Waals surface area contributed by atoms with Gasteiger partial charge in [-0.2, -0.15) is 0 Å². The summed E-state index contributed by atoms with van der Waals surface area (Å²) in [4.78, 5) is 19.8. The highest BCUT2D eigenvalue weighted by molar-refractivity contribution is 7.99. The number of fused-ring (bicyclic) bond motifs is 2. The van der Waals surface area contributed by atoms with Crippen LogP contribution in [0, 0.1) is 0 Å². The highest BCUT2D eigenvalue weighted by Crippen LogP contribution is 2.48. The van der Waals surface area contributed by atoms with Crippen molar-refractivity contribution in [2.45, 2.75) is 34.3 Å². The highest BCUT2D eigenvalue weighted by atomic mass is 32.2. The fraction of sp³-hybridized carbons (Fsp3) is 0.409. The quantitative estimate of drug-likeness (QED) is 0.791. The SMILES string of the molecule is CO[C@@H]1CN(CC(=O)N2c3ccccc3Sc3ccccc32)C[C@]12CCCO2. The lowest BCUT2D eigenvalue weighted by Gasteiger charge is -2.32. The van der Waals surface area contributed by atoms with Crippen LogP contribution in [-0.2, 0) is 14.3 Å². The van der Waals surface area contributed by atoms with Crippen LogP contribution in [0.2, 0.25) is 0 Å². The molecule has 2 fully saturated rings. The Labute approximate surface area is 169 Å². The fourth-order valence-corrected chi connectivity index (χ4v) is 5.75. The third-order valence-electron chi connectivity index (χ3n) is 5.96. The van der Waals surface area contributed by atoms with Crippen molar-refractivity contribution in [2.24, 2.45) is 0 Å². The van der Waals surface area contributed by atoms with Crippen molar-refractivity contribution in [2.75, 3.05) is 38.3 Å². The number of para-hydroxylation sites is 2. The molecule has 0 radical (unpaired) electrons. The number of anilines is 2. The van der Waals surface area contributed by atoms with Crippen molar-refractivity contribution in [3.05, 3.63) is 48.5 Å². The zero-order chi connectivity index (χ0) is 19.1. The van der Waals surface area contributed by atoms with Gasteiger partial charge in [-0.1, -0.05) is 36.0 Å². The number of methoxy groups -OCH3 is 1. The first-order valence-corrected chi connectivity index (χ1v) is 10.6. The zero-order valence-electron chi connectivity index (χ0n) is 16.0. The minimum absolute atomic E-state index is 0.0271. The van der Waals surface area contributed by atoms with Gasteiger partial charge in [-0.25, -0.2) is 0 Å². The first kappa shape index (κ1) is 18.2. The molecule has 1 amide bonds. The summed E-state index contributed by atoms with van der Waals surface area (Å²) in [5, 5.41) is 0. The summed E-state index contributed by atoms with van der Waals surface area (Å²) < 4.78 is 11.8. The Morgan fingerprint density at radius 3 is 2.46 bits per heavy atom. The maximum absolute atomic E-state index is 13.5. The van der Waals surface area contributed by atoms with E-state index in [4.69, 9.17) is 9.47 Å². The van der Waals surface area contributed by atoms with E-state index in [0.29, 0.717) is 6.54 Å². The van der Waals surface area contributed by atoms with Crippen molar-refractivity contribution >= 4 is 29.0 Å². The molecule has 0 bridgehead atoms. The van der Waals surface area contributed by atoms with Crippen molar-refractivity contribution in [1.29, 1.82) is 0 Å². The molecular weight excluding hydrogens is 372 g/mol. The molecule has 0 aliphatic carbocycles.